The number of nitrogens with one attached hydrogen (secondary N) is 1. The molecule has 4 heteroatoms. The summed E-state index contributed by atoms with van der Waals surface area (Å²) in [6.45, 7) is 1.09. The highest BCUT2D eigenvalue weighted by atomic mass is 16.5. The topological polar surface area (TPSA) is 47.6 Å². The largest absolute Gasteiger partial charge is 0.493 e. The molecule has 1 aliphatic rings. The number of fused-ring (bicyclic) bond motifs is 1. The average molecular weight is 466 g/mol. The van der Waals surface area contributed by atoms with E-state index in [4.69, 9.17) is 9.47 Å². The molecule has 1 N–H and O–H groups in total. The van der Waals surface area contributed by atoms with Crippen LogP contribution in [0.15, 0.2) is 91.0 Å². The van der Waals surface area contributed by atoms with Crippen LogP contribution in [-0.4, -0.2) is 19.6 Å². The van der Waals surface area contributed by atoms with Crippen molar-refractivity contribution in [2.75, 3.05) is 13.7 Å². The molecule has 0 unspecified atom stereocenters. The lowest BCUT2D eigenvalue weighted by molar-refractivity contribution is -0.121. The quantitative estimate of drug-likeness (QED) is 0.303. The molecule has 0 spiro atoms. The predicted octanol–water partition coefficient (Wildman–Crippen LogP) is 6.21. The minimum absolute atomic E-state index is 0.0219. The molecule has 0 aliphatic heterocycles. The van der Waals surface area contributed by atoms with E-state index in [1.54, 1.807) is 7.11 Å². The van der Waals surface area contributed by atoms with Gasteiger partial charge in [0.2, 0.25) is 5.91 Å². The van der Waals surface area contributed by atoms with Gasteiger partial charge in [-0.3, -0.25) is 4.79 Å². The minimum Gasteiger partial charge on any atom is -0.493 e. The van der Waals surface area contributed by atoms with Gasteiger partial charge in [-0.15, -0.1) is 0 Å². The van der Waals surface area contributed by atoms with Crippen molar-refractivity contribution in [1.29, 1.82) is 0 Å². The van der Waals surface area contributed by atoms with Gasteiger partial charge in [-0.25, -0.2) is 0 Å². The van der Waals surface area contributed by atoms with E-state index in [1.807, 2.05) is 48.5 Å². The highest BCUT2D eigenvalue weighted by molar-refractivity contribution is 5.88. The normalized spacial score (nSPS) is 13.9. The monoisotopic (exact) mass is 465 g/mol. The number of ether oxygens (including phenoxy) is 2. The van der Waals surface area contributed by atoms with Gasteiger partial charge in [0.05, 0.1) is 7.11 Å². The third-order valence-corrected chi connectivity index (χ3v) is 6.91. The number of rotatable bonds is 10. The third kappa shape index (κ3) is 5.32. The molecule has 1 aliphatic carbocycles. The van der Waals surface area contributed by atoms with Gasteiger partial charge in [0.25, 0.3) is 0 Å². The summed E-state index contributed by atoms with van der Waals surface area (Å²) in [5.41, 5.74) is 3.50. The molecule has 0 heterocycles. The molecule has 4 aromatic carbocycles. The Morgan fingerprint density at radius 2 is 1.63 bits per heavy atom. The Kier molecular flexibility index (Phi) is 6.71. The van der Waals surface area contributed by atoms with Crippen LogP contribution < -0.4 is 14.8 Å². The number of methoxy groups -OCH3 is 1. The summed E-state index contributed by atoms with van der Waals surface area (Å²) in [4.78, 5) is 12.8. The lowest BCUT2D eigenvalue weighted by Crippen LogP contribution is -2.29. The van der Waals surface area contributed by atoms with Crippen molar-refractivity contribution >= 4 is 16.7 Å². The van der Waals surface area contributed by atoms with Crippen LogP contribution in [0.2, 0.25) is 0 Å². The van der Waals surface area contributed by atoms with Crippen LogP contribution in [0.1, 0.15) is 36.0 Å². The number of hydrogen-bond donors (Lipinski definition) is 1. The maximum absolute atomic E-state index is 12.8. The number of amides is 1. The zero-order valence-corrected chi connectivity index (χ0v) is 20.1. The molecule has 4 nitrogen and oxygen atoms in total. The van der Waals surface area contributed by atoms with Gasteiger partial charge < -0.3 is 14.8 Å². The van der Waals surface area contributed by atoms with E-state index in [0.29, 0.717) is 25.3 Å². The van der Waals surface area contributed by atoms with Crippen LogP contribution >= 0.6 is 0 Å². The summed E-state index contributed by atoms with van der Waals surface area (Å²) < 4.78 is 11.5. The van der Waals surface area contributed by atoms with Gasteiger partial charge in [0, 0.05) is 18.4 Å². The molecule has 0 saturated heterocycles. The van der Waals surface area contributed by atoms with E-state index in [-0.39, 0.29) is 11.3 Å². The first-order chi connectivity index (χ1) is 17.2. The molecule has 0 atom stereocenters. The van der Waals surface area contributed by atoms with Crippen molar-refractivity contribution < 1.29 is 14.3 Å². The molecule has 0 aromatic heterocycles. The fourth-order valence-corrected chi connectivity index (χ4v) is 4.82. The molecule has 0 radical (unpaired) electrons. The van der Waals surface area contributed by atoms with Crippen molar-refractivity contribution in [1.82, 2.24) is 5.32 Å². The standard InChI is InChI=1S/C31H31NO3/c1-34-29-20-23(14-15-28(29)35-22-24-8-3-2-4-9-24)16-19-32-30(33)21-31(17-18-31)27-13-7-11-25-10-5-6-12-26(25)27/h2-15,20H,16-19,21-22H2,1H3,(H,32,33). The Balaban J connectivity index is 1.16. The van der Waals surface area contributed by atoms with Crippen molar-refractivity contribution in [2.45, 2.75) is 37.7 Å². The molecular weight excluding hydrogens is 434 g/mol. The molecule has 5 rings (SSSR count). The first kappa shape index (κ1) is 23.0. The second kappa shape index (κ2) is 10.2. The smallest absolute Gasteiger partial charge is 0.220 e. The van der Waals surface area contributed by atoms with Gasteiger partial charge in [-0.05, 0) is 58.9 Å². The first-order valence-corrected chi connectivity index (χ1v) is 12.3. The van der Waals surface area contributed by atoms with Crippen LogP contribution in [0, 0.1) is 0 Å². The van der Waals surface area contributed by atoms with Crippen LogP contribution in [0.3, 0.4) is 0 Å². The maximum atomic E-state index is 12.8. The third-order valence-electron chi connectivity index (χ3n) is 6.91. The number of carbonyl (C=O) groups excluding carboxylic acids is 1. The summed E-state index contributed by atoms with van der Waals surface area (Å²) in [6.07, 6.45) is 3.41. The minimum atomic E-state index is -0.0219. The Hall–Kier alpha value is -3.79. The molecule has 35 heavy (non-hydrogen) atoms. The SMILES string of the molecule is COc1cc(CCNC(=O)CC2(c3cccc4ccccc34)CC2)ccc1OCc1ccccc1. The van der Waals surface area contributed by atoms with Gasteiger partial charge in [0.15, 0.2) is 11.5 Å². The van der Waals surface area contributed by atoms with Gasteiger partial charge in [0.1, 0.15) is 6.61 Å². The fourth-order valence-electron chi connectivity index (χ4n) is 4.82. The number of benzene rings is 4. The molecule has 1 amide bonds. The highest BCUT2D eigenvalue weighted by Crippen LogP contribution is 2.52. The van der Waals surface area contributed by atoms with Crippen LogP contribution in [-0.2, 0) is 23.2 Å². The summed E-state index contributed by atoms with van der Waals surface area (Å²) in [7, 11) is 1.65. The van der Waals surface area contributed by atoms with E-state index in [1.165, 1.54) is 16.3 Å². The van der Waals surface area contributed by atoms with E-state index in [0.717, 1.165) is 36.1 Å². The van der Waals surface area contributed by atoms with Crippen LogP contribution in [0.4, 0.5) is 0 Å². The van der Waals surface area contributed by atoms with Crippen LogP contribution in [0.25, 0.3) is 10.8 Å². The van der Waals surface area contributed by atoms with E-state index < -0.39 is 0 Å². The van der Waals surface area contributed by atoms with Crippen molar-refractivity contribution in [3.63, 3.8) is 0 Å². The molecule has 178 valence electrons. The predicted molar refractivity (Wildman–Crippen MR) is 140 cm³/mol. The zero-order valence-electron chi connectivity index (χ0n) is 20.1. The Labute approximate surface area is 206 Å². The number of hydrogen-bond acceptors (Lipinski definition) is 3. The Morgan fingerprint density at radius 3 is 2.43 bits per heavy atom. The van der Waals surface area contributed by atoms with E-state index in [9.17, 15) is 4.79 Å². The Bertz CT molecular complexity index is 1310. The van der Waals surface area contributed by atoms with E-state index >= 15 is 0 Å². The molecular formula is C31H31NO3. The lowest BCUT2D eigenvalue weighted by Gasteiger charge is -2.18. The molecule has 0 bridgehead atoms. The van der Waals surface area contributed by atoms with Gasteiger partial charge in [-0.2, -0.15) is 0 Å². The second-order valence-corrected chi connectivity index (χ2v) is 9.34. The van der Waals surface area contributed by atoms with Gasteiger partial charge in [-0.1, -0.05) is 78.9 Å². The summed E-state index contributed by atoms with van der Waals surface area (Å²) in [5, 5.41) is 5.64. The summed E-state index contributed by atoms with van der Waals surface area (Å²) in [5.74, 6) is 1.54. The molecule has 4 aromatic rings. The van der Waals surface area contributed by atoms with E-state index in [2.05, 4.69) is 47.8 Å². The highest BCUT2D eigenvalue weighted by Gasteiger charge is 2.46. The van der Waals surface area contributed by atoms with Crippen molar-refractivity contribution in [3.05, 3.63) is 108 Å². The first-order valence-electron chi connectivity index (χ1n) is 12.3. The van der Waals surface area contributed by atoms with Crippen LogP contribution in [0.5, 0.6) is 11.5 Å². The second-order valence-electron chi connectivity index (χ2n) is 9.34. The fraction of sp³-hybridized carbons (Fsp3) is 0.258. The summed E-state index contributed by atoms with van der Waals surface area (Å²) >= 11 is 0. The number of carbonyl (C=O) groups is 1. The van der Waals surface area contributed by atoms with Gasteiger partial charge >= 0.3 is 0 Å². The Morgan fingerprint density at radius 1 is 0.857 bits per heavy atom. The summed E-state index contributed by atoms with van der Waals surface area (Å²) in [6, 6.07) is 30.9. The zero-order chi connectivity index (χ0) is 24.1. The molecule has 1 saturated carbocycles. The lowest BCUT2D eigenvalue weighted by atomic mass is 9.88. The van der Waals surface area contributed by atoms with Crippen molar-refractivity contribution in [2.24, 2.45) is 0 Å². The van der Waals surface area contributed by atoms with Crippen molar-refractivity contribution in [3.8, 4) is 11.5 Å². The maximum Gasteiger partial charge on any atom is 0.220 e. The molecule has 1 fully saturated rings. The average Bonchev–Trinajstić information content (AvgIpc) is 3.68.